The highest BCUT2D eigenvalue weighted by Gasteiger charge is 2.17. The van der Waals surface area contributed by atoms with Gasteiger partial charge < -0.3 is 15.3 Å². The first-order valence-electron chi connectivity index (χ1n) is 4.56. The molecule has 0 saturated carbocycles. The lowest BCUT2D eigenvalue weighted by atomic mass is 9.99. The van der Waals surface area contributed by atoms with Gasteiger partial charge in [0.05, 0.1) is 12.2 Å². The van der Waals surface area contributed by atoms with Crippen LogP contribution in [-0.4, -0.2) is 34.1 Å². The van der Waals surface area contributed by atoms with Gasteiger partial charge in [0, 0.05) is 6.61 Å². The maximum absolute atomic E-state index is 9.38. The van der Waals surface area contributed by atoms with Crippen LogP contribution in [0.2, 0.25) is 0 Å². The third-order valence-electron chi connectivity index (χ3n) is 1.96. The molecule has 0 bridgehead atoms. The van der Waals surface area contributed by atoms with E-state index in [9.17, 15) is 5.11 Å². The van der Waals surface area contributed by atoms with Gasteiger partial charge in [-0.2, -0.15) is 0 Å². The Kier molecular flexibility index (Phi) is 6.34. The zero-order valence-corrected chi connectivity index (χ0v) is 7.79. The van der Waals surface area contributed by atoms with Crippen LogP contribution in [0.1, 0.15) is 39.0 Å². The molecule has 3 heteroatoms. The average molecular weight is 176 g/mol. The Hall–Kier alpha value is -0.120. The lowest BCUT2D eigenvalue weighted by Gasteiger charge is -2.19. The summed E-state index contributed by atoms with van der Waals surface area (Å²) in [7, 11) is 0. The van der Waals surface area contributed by atoms with Crippen molar-refractivity contribution in [2.24, 2.45) is 0 Å². The monoisotopic (exact) mass is 176 g/mol. The van der Waals surface area contributed by atoms with Gasteiger partial charge in [-0.1, -0.05) is 19.3 Å². The van der Waals surface area contributed by atoms with E-state index in [-0.39, 0.29) is 13.2 Å². The summed E-state index contributed by atoms with van der Waals surface area (Å²) in [5, 5.41) is 26.6. The highest BCUT2D eigenvalue weighted by molar-refractivity contribution is 4.70. The summed E-state index contributed by atoms with van der Waals surface area (Å²) in [5.74, 6) is 0. The van der Waals surface area contributed by atoms with Crippen LogP contribution in [0.4, 0.5) is 0 Å². The van der Waals surface area contributed by atoms with E-state index in [1.807, 2.05) is 0 Å². The van der Waals surface area contributed by atoms with E-state index in [2.05, 4.69) is 0 Å². The third kappa shape index (κ3) is 6.58. The molecule has 0 aliphatic rings. The number of aliphatic hydroxyl groups excluding tert-OH is 2. The molecule has 0 aliphatic heterocycles. The van der Waals surface area contributed by atoms with Crippen LogP contribution in [0.5, 0.6) is 0 Å². The summed E-state index contributed by atoms with van der Waals surface area (Å²) in [5.41, 5.74) is -0.917. The molecule has 0 amide bonds. The summed E-state index contributed by atoms with van der Waals surface area (Å²) < 4.78 is 0. The van der Waals surface area contributed by atoms with Crippen molar-refractivity contribution < 1.29 is 15.3 Å². The van der Waals surface area contributed by atoms with Gasteiger partial charge in [0.15, 0.2) is 0 Å². The van der Waals surface area contributed by atoms with Gasteiger partial charge >= 0.3 is 0 Å². The molecule has 0 fully saturated rings. The molecule has 12 heavy (non-hydrogen) atoms. The normalized spacial score (nSPS) is 16.0. The molecule has 3 N–H and O–H groups in total. The number of rotatable bonds is 7. The summed E-state index contributed by atoms with van der Waals surface area (Å²) in [6.07, 6.45) is 4.39. The molecule has 0 spiro atoms. The first-order valence-corrected chi connectivity index (χ1v) is 4.56. The van der Waals surface area contributed by atoms with Gasteiger partial charge in [-0.25, -0.2) is 0 Å². The molecule has 0 saturated heterocycles. The van der Waals surface area contributed by atoms with E-state index in [0.717, 1.165) is 25.7 Å². The van der Waals surface area contributed by atoms with Gasteiger partial charge in [0.2, 0.25) is 0 Å². The van der Waals surface area contributed by atoms with Crippen molar-refractivity contribution in [3.8, 4) is 0 Å². The van der Waals surface area contributed by atoms with Gasteiger partial charge in [0.1, 0.15) is 0 Å². The first-order chi connectivity index (χ1) is 5.62. The molecule has 0 heterocycles. The van der Waals surface area contributed by atoms with Crippen LogP contribution < -0.4 is 0 Å². The number of hydrogen-bond acceptors (Lipinski definition) is 3. The standard InChI is InChI=1S/C9H20O3/c1-9(12,8-11)6-4-2-3-5-7-10/h10-12H,2-8H2,1H3. The lowest BCUT2D eigenvalue weighted by Crippen LogP contribution is -2.28. The fraction of sp³-hybridized carbons (Fsp3) is 1.00. The van der Waals surface area contributed by atoms with Crippen LogP contribution in [0, 0.1) is 0 Å². The average Bonchev–Trinajstić information content (AvgIpc) is 2.04. The van der Waals surface area contributed by atoms with Gasteiger partial charge in [-0.3, -0.25) is 0 Å². The molecule has 0 aromatic carbocycles. The highest BCUT2D eigenvalue weighted by Crippen LogP contribution is 2.13. The Balaban J connectivity index is 3.19. The minimum Gasteiger partial charge on any atom is -0.396 e. The molecule has 0 radical (unpaired) electrons. The predicted octanol–water partition coefficient (Wildman–Crippen LogP) is 0.672. The minimum absolute atomic E-state index is 0.174. The molecule has 74 valence electrons. The molecule has 0 rings (SSSR count). The third-order valence-corrected chi connectivity index (χ3v) is 1.96. The second kappa shape index (κ2) is 6.40. The van der Waals surface area contributed by atoms with Crippen molar-refractivity contribution in [2.75, 3.05) is 13.2 Å². The zero-order valence-electron chi connectivity index (χ0n) is 7.79. The van der Waals surface area contributed by atoms with Crippen molar-refractivity contribution in [2.45, 2.75) is 44.6 Å². The van der Waals surface area contributed by atoms with E-state index in [1.165, 1.54) is 0 Å². The maximum atomic E-state index is 9.38. The van der Waals surface area contributed by atoms with Gasteiger partial charge in [-0.05, 0) is 19.8 Å². The SMILES string of the molecule is CC(O)(CO)CCCCCCO. The Morgan fingerprint density at radius 3 is 2.08 bits per heavy atom. The second-order valence-corrected chi connectivity index (χ2v) is 3.54. The van der Waals surface area contributed by atoms with E-state index >= 15 is 0 Å². The van der Waals surface area contributed by atoms with Crippen LogP contribution >= 0.6 is 0 Å². The van der Waals surface area contributed by atoms with E-state index in [1.54, 1.807) is 6.92 Å². The molecule has 1 unspecified atom stereocenters. The highest BCUT2D eigenvalue weighted by atomic mass is 16.3. The number of aliphatic hydroxyl groups is 3. The molecular formula is C9H20O3. The van der Waals surface area contributed by atoms with Crippen LogP contribution in [0.3, 0.4) is 0 Å². The second-order valence-electron chi connectivity index (χ2n) is 3.54. The van der Waals surface area contributed by atoms with Crippen LogP contribution in [-0.2, 0) is 0 Å². The van der Waals surface area contributed by atoms with Crippen molar-refractivity contribution in [1.82, 2.24) is 0 Å². The summed E-state index contributed by atoms with van der Waals surface area (Å²) in [4.78, 5) is 0. The minimum atomic E-state index is -0.917. The van der Waals surface area contributed by atoms with Gasteiger partial charge in [0.25, 0.3) is 0 Å². The van der Waals surface area contributed by atoms with Crippen molar-refractivity contribution in [3.05, 3.63) is 0 Å². The maximum Gasteiger partial charge on any atom is 0.0849 e. The van der Waals surface area contributed by atoms with Gasteiger partial charge in [-0.15, -0.1) is 0 Å². The number of hydrogen-bond donors (Lipinski definition) is 3. The lowest BCUT2D eigenvalue weighted by molar-refractivity contribution is -0.00698. The van der Waals surface area contributed by atoms with E-state index in [4.69, 9.17) is 10.2 Å². The Bertz CT molecular complexity index is 102. The quantitative estimate of drug-likeness (QED) is 0.500. The Morgan fingerprint density at radius 1 is 1.00 bits per heavy atom. The largest absolute Gasteiger partial charge is 0.396 e. The molecule has 1 atom stereocenters. The van der Waals surface area contributed by atoms with Crippen LogP contribution in [0.15, 0.2) is 0 Å². The molecule has 0 aliphatic carbocycles. The summed E-state index contributed by atoms with van der Waals surface area (Å²) in [6.45, 7) is 1.71. The molecule has 0 aromatic heterocycles. The van der Waals surface area contributed by atoms with E-state index < -0.39 is 5.60 Å². The summed E-state index contributed by atoms with van der Waals surface area (Å²) >= 11 is 0. The van der Waals surface area contributed by atoms with Crippen molar-refractivity contribution in [3.63, 3.8) is 0 Å². The zero-order chi connectivity index (χ0) is 9.45. The first kappa shape index (κ1) is 11.9. The summed E-state index contributed by atoms with van der Waals surface area (Å²) in [6, 6.07) is 0. The smallest absolute Gasteiger partial charge is 0.0849 e. The predicted molar refractivity (Wildman–Crippen MR) is 47.9 cm³/mol. The van der Waals surface area contributed by atoms with Crippen LogP contribution in [0.25, 0.3) is 0 Å². The Labute approximate surface area is 74.0 Å². The fourth-order valence-corrected chi connectivity index (χ4v) is 1.05. The number of unbranched alkanes of at least 4 members (excludes halogenated alkanes) is 3. The fourth-order valence-electron chi connectivity index (χ4n) is 1.05. The topological polar surface area (TPSA) is 60.7 Å². The van der Waals surface area contributed by atoms with E-state index in [0.29, 0.717) is 6.42 Å². The molecular weight excluding hydrogens is 156 g/mol. The van der Waals surface area contributed by atoms with Crippen molar-refractivity contribution in [1.29, 1.82) is 0 Å². The molecule has 0 aromatic rings. The Morgan fingerprint density at radius 2 is 1.58 bits per heavy atom. The molecule has 3 nitrogen and oxygen atoms in total. The van der Waals surface area contributed by atoms with Crippen molar-refractivity contribution >= 4 is 0 Å².